The van der Waals surface area contributed by atoms with E-state index in [4.69, 9.17) is 9.40 Å². The van der Waals surface area contributed by atoms with Crippen LogP contribution in [0.5, 0.6) is 0 Å². The molecule has 0 unspecified atom stereocenters. The summed E-state index contributed by atoms with van der Waals surface area (Å²) in [6.45, 7) is 2.47. The molecule has 0 aliphatic heterocycles. The van der Waals surface area contributed by atoms with E-state index in [1.165, 1.54) is 22.5 Å². The molecular weight excluding hydrogens is 352 g/mol. The van der Waals surface area contributed by atoms with Crippen molar-refractivity contribution in [3.8, 4) is 0 Å². The van der Waals surface area contributed by atoms with Gasteiger partial charge >= 0.3 is 0 Å². The van der Waals surface area contributed by atoms with Crippen molar-refractivity contribution in [3.05, 3.63) is 81.3 Å². The zero-order valence-corrected chi connectivity index (χ0v) is 15.3. The molecule has 1 aromatic carbocycles. The third-order valence-corrected chi connectivity index (χ3v) is 5.85. The van der Waals surface area contributed by atoms with Crippen LogP contribution in [0.3, 0.4) is 0 Å². The van der Waals surface area contributed by atoms with Crippen LogP contribution >= 0.6 is 23.1 Å². The summed E-state index contributed by atoms with van der Waals surface area (Å²) in [6.07, 6.45) is 1.62. The molecule has 0 amide bonds. The quantitative estimate of drug-likeness (QED) is 0.378. The molecule has 3 heterocycles. The number of thioether (sulfide) groups is 1. The van der Waals surface area contributed by atoms with Crippen LogP contribution in [0.25, 0.3) is 10.2 Å². The van der Waals surface area contributed by atoms with E-state index in [-0.39, 0.29) is 5.56 Å². The third kappa shape index (κ3) is 3.41. The number of aryl methyl sites for hydroxylation is 1. The molecule has 0 N–H and O–H groups in total. The number of nitrogens with zero attached hydrogens (tertiary/aromatic N) is 2. The van der Waals surface area contributed by atoms with Crippen LogP contribution in [0.4, 0.5) is 0 Å². The molecule has 3 aromatic heterocycles. The van der Waals surface area contributed by atoms with Crippen LogP contribution in [0.2, 0.25) is 0 Å². The number of thiophene rings is 1. The summed E-state index contributed by atoms with van der Waals surface area (Å²) in [7, 11) is 0. The minimum atomic E-state index is -0.0113. The summed E-state index contributed by atoms with van der Waals surface area (Å²) < 4.78 is 7.81. The second kappa shape index (κ2) is 6.90. The summed E-state index contributed by atoms with van der Waals surface area (Å²) >= 11 is 3.00. The lowest BCUT2D eigenvalue weighted by molar-refractivity contribution is 0.477. The van der Waals surface area contributed by atoms with E-state index in [9.17, 15) is 4.79 Å². The molecule has 4 nitrogen and oxygen atoms in total. The minimum Gasteiger partial charge on any atom is -0.467 e. The van der Waals surface area contributed by atoms with Gasteiger partial charge in [0.25, 0.3) is 5.56 Å². The molecule has 0 bridgehead atoms. The van der Waals surface area contributed by atoms with Crippen LogP contribution < -0.4 is 5.56 Å². The van der Waals surface area contributed by atoms with E-state index in [0.29, 0.717) is 16.4 Å². The Balaban J connectivity index is 1.70. The largest absolute Gasteiger partial charge is 0.467 e. The maximum atomic E-state index is 12.9. The Morgan fingerprint density at radius 3 is 2.80 bits per heavy atom. The highest BCUT2D eigenvalue weighted by Crippen LogP contribution is 2.24. The highest BCUT2D eigenvalue weighted by atomic mass is 32.2. The summed E-state index contributed by atoms with van der Waals surface area (Å²) in [4.78, 5) is 17.6. The second-order valence-electron chi connectivity index (χ2n) is 5.77. The maximum Gasteiger partial charge on any atom is 0.272 e. The molecule has 25 heavy (non-hydrogen) atoms. The number of fused-ring (bicyclic) bond motifs is 1. The lowest BCUT2D eigenvalue weighted by atomic mass is 10.2. The normalized spacial score (nSPS) is 11.2. The lowest BCUT2D eigenvalue weighted by Crippen LogP contribution is -2.23. The zero-order chi connectivity index (χ0) is 17.2. The fourth-order valence-corrected chi connectivity index (χ4v) is 4.30. The number of rotatable bonds is 5. The lowest BCUT2D eigenvalue weighted by Gasteiger charge is -2.11. The van der Waals surface area contributed by atoms with Gasteiger partial charge in [-0.3, -0.25) is 9.36 Å². The predicted molar refractivity (Wildman–Crippen MR) is 102 cm³/mol. The van der Waals surface area contributed by atoms with E-state index in [2.05, 4.69) is 31.2 Å². The van der Waals surface area contributed by atoms with Gasteiger partial charge in [-0.15, -0.1) is 11.3 Å². The van der Waals surface area contributed by atoms with E-state index in [1.807, 2.05) is 23.6 Å². The average Bonchev–Trinajstić information content (AvgIpc) is 3.29. The summed E-state index contributed by atoms with van der Waals surface area (Å²) in [5.41, 5.74) is 3.20. The Labute approximate surface area is 153 Å². The van der Waals surface area contributed by atoms with Crippen molar-refractivity contribution < 1.29 is 4.42 Å². The van der Waals surface area contributed by atoms with Crippen molar-refractivity contribution >= 4 is 33.3 Å². The van der Waals surface area contributed by atoms with Gasteiger partial charge in [0.05, 0.1) is 18.3 Å². The Morgan fingerprint density at radius 2 is 2.04 bits per heavy atom. The van der Waals surface area contributed by atoms with Crippen LogP contribution in [0, 0.1) is 6.92 Å². The highest BCUT2D eigenvalue weighted by Gasteiger charge is 2.14. The van der Waals surface area contributed by atoms with Gasteiger partial charge in [0.2, 0.25) is 0 Å². The van der Waals surface area contributed by atoms with Gasteiger partial charge in [-0.05, 0) is 36.1 Å². The van der Waals surface area contributed by atoms with Gasteiger partial charge < -0.3 is 4.42 Å². The first-order valence-corrected chi connectivity index (χ1v) is 9.76. The monoisotopic (exact) mass is 368 g/mol. The van der Waals surface area contributed by atoms with Crippen molar-refractivity contribution in [2.75, 3.05) is 0 Å². The first-order valence-electron chi connectivity index (χ1n) is 7.89. The van der Waals surface area contributed by atoms with Crippen molar-refractivity contribution in [1.29, 1.82) is 0 Å². The van der Waals surface area contributed by atoms with E-state index in [1.54, 1.807) is 22.6 Å². The van der Waals surface area contributed by atoms with Crippen LogP contribution in [0.15, 0.2) is 68.5 Å². The maximum absolute atomic E-state index is 12.9. The summed E-state index contributed by atoms with van der Waals surface area (Å²) in [5.74, 6) is 1.51. The third-order valence-electron chi connectivity index (χ3n) is 3.91. The summed E-state index contributed by atoms with van der Waals surface area (Å²) in [6, 6.07) is 14.0. The van der Waals surface area contributed by atoms with Gasteiger partial charge in [0.1, 0.15) is 10.5 Å². The van der Waals surface area contributed by atoms with Crippen molar-refractivity contribution in [2.45, 2.75) is 24.4 Å². The molecule has 4 aromatic rings. The van der Waals surface area contributed by atoms with Crippen LogP contribution in [0.1, 0.15) is 16.9 Å². The topological polar surface area (TPSA) is 48.0 Å². The van der Waals surface area contributed by atoms with Crippen molar-refractivity contribution in [2.24, 2.45) is 0 Å². The molecule has 0 aliphatic rings. The molecule has 6 heteroatoms. The Hall–Kier alpha value is -2.31. The Bertz CT molecular complexity index is 1050. The molecule has 0 saturated carbocycles. The van der Waals surface area contributed by atoms with Gasteiger partial charge in [0.15, 0.2) is 5.16 Å². The van der Waals surface area contributed by atoms with Gasteiger partial charge in [-0.2, -0.15) is 0 Å². The average molecular weight is 368 g/mol. The highest BCUT2D eigenvalue weighted by molar-refractivity contribution is 7.98. The molecule has 0 saturated heterocycles. The van der Waals surface area contributed by atoms with Gasteiger partial charge in [-0.25, -0.2) is 4.98 Å². The first-order chi connectivity index (χ1) is 12.2. The predicted octanol–water partition coefficient (Wildman–Crippen LogP) is 4.70. The second-order valence-corrected chi connectivity index (χ2v) is 7.63. The van der Waals surface area contributed by atoms with Crippen LogP contribution in [-0.4, -0.2) is 9.55 Å². The number of aromatic nitrogens is 2. The molecule has 0 aliphatic carbocycles. The number of benzene rings is 1. The molecule has 0 spiro atoms. The molecule has 0 fully saturated rings. The smallest absolute Gasteiger partial charge is 0.272 e. The number of furan rings is 1. The standard InChI is InChI=1S/C19H16N2O2S2/c1-13-4-6-14(7-5-13)12-25-19-20-16-8-10-24-17(16)18(22)21(19)11-15-3-2-9-23-15/h2-10H,11-12H2,1H3. The fraction of sp³-hybridized carbons (Fsp3) is 0.158. The molecule has 0 atom stereocenters. The van der Waals surface area contributed by atoms with Crippen molar-refractivity contribution in [1.82, 2.24) is 9.55 Å². The van der Waals surface area contributed by atoms with Crippen LogP contribution in [-0.2, 0) is 12.3 Å². The number of hydrogen-bond donors (Lipinski definition) is 0. The zero-order valence-electron chi connectivity index (χ0n) is 13.6. The number of hydrogen-bond acceptors (Lipinski definition) is 5. The molecule has 126 valence electrons. The molecule has 4 rings (SSSR count). The summed E-state index contributed by atoms with van der Waals surface area (Å²) in [5, 5.41) is 2.62. The SMILES string of the molecule is Cc1ccc(CSc2nc3ccsc3c(=O)n2Cc2ccco2)cc1. The molecular formula is C19H16N2O2S2. The molecule has 0 radical (unpaired) electrons. The Kier molecular flexibility index (Phi) is 4.46. The van der Waals surface area contributed by atoms with E-state index >= 15 is 0 Å². The first kappa shape index (κ1) is 16.2. The fourth-order valence-electron chi connectivity index (χ4n) is 2.56. The minimum absolute atomic E-state index is 0.0113. The van der Waals surface area contributed by atoms with E-state index in [0.717, 1.165) is 17.0 Å². The Morgan fingerprint density at radius 1 is 1.20 bits per heavy atom. The van der Waals surface area contributed by atoms with Gasteiger partial charge in [-0.1, -0.05) is 41.6 Å². The van der Waals surface area contributed by atoms with E-state index < -0.39 is 0 Å². The van der Waals surface area contributed by atoms with Gasteiger partial charge in [0, 0.05) is 5.75 Å². The van der Waals surface area contributed by atoms with Crippen molar-refractivity contribution in [3.63, 3.8) is 0 Å².